The fourth-order valence-electron chi connectivity index (χ4n) is 2.03. The molecular formula is C15H18FN3. The van der Waals surface area contributed by atoms with E-state index in [2.05, 4.69) is 16.8 Å². The highest BCUT2D eigenvalue weighted by Crippen LogP contribution is 2.12. The molecule has 0 amide bonds. The molecule has 0 aliphatic heterocycles. The van der Waals surface area contributed by atoms with Crippen molar-refractivity contribution < 1.29 is 4.39 Å². The van der Waals surface area contributed by atoms with Crippen molar-refractivity contribution >= 4 is 5.69 Å². The molecule has 2 rings (SSSR count). The van der Waals surface area contributed by atoms with Crippen LogP contribution in [0.25, 0.3) is 0 Å². The van der Waals surface area contributed by atoms with E-state index in [1.165, 1.54) is 12.3 Å². The summed E-state index contributed by atoms with van der Waals surface area (Å²) in [6, 6.07) is 9.35. The largest absolute Gasteiger partial charge is 0.399 e. The Labute approximate surface area is 112 Å². The van der Waals surface area contributed by atoms with Crippen LogP contribution in [0.1, 0.15) is 18.1 Å². The van der Waals surface area contributed by atoms with E-state index in [0.29, 0.717) is 6.54 Å². The van der Waals surface area contributed by atoms with Crippen molar-refractivity contribution in [1.82, 2.24) is 9.88 Å². The molecular weight excluding hydrogens is 241 g/mol. The van der Waals surface area contributed by atoms with Gasteiger partial charge in [-0.15, -0.1) is 0 Å². The van der Waals surface area contributed by atoms with Crippen LogP contribution >= 0.6 is 0 Å². The molecule has 2 N–H and O–H groups in total. The molecule has 100 valence electrons. The standard InChI is InChI=1S/C15H18FN3/c1-2-19(10-12-4-3-5-15(17)7-12)11-13-6-14(16)9-18-8-13/h3-9H,2,10-11,17H2,1H3. The van der Waals surface area contributed by atoms with E-state index in [1.54, 1.807) is 6.20 Å². The second-order valence-corrected chi connectivity index (χ2v) is 4.56. The van der Waals surface area contributed by atoms with Gasteiger partial charge in [-0.25, -0.2) is 4.39 Å². The normalized spacial score (nSPS) is 10.9. The summed E-state index contributed by atoms with van der Waals surface area (Å²) in [6.45, 7) is 4.43. The Bertz CT molecular complexity index is 495. The highest BCUT2D eigenvalue weighted by molar-refractivity contribution is 5.40. The third kappa shape index (κ3) is 4.03. The molecule has 0 saturated heterocycles. The molecule has 3 nitrogen and oxygen atoms in total. The molecule has 0 unspecified atom stereocenters. The molecule has 0 spiro atoms. The van der Waals surface area contributed by atoms with Crippen LogP contribution in [0.5, 0.6) is 0 Å². The summed E-state index contributed by atoms with van der Waals surface area (Å²) in [5.41, 5.74) is 8.57. The molecule has 2 aromatic rings. The number of nitrogens with two attached hydrogens (primary N) is 1. The lowest BCUT2D eigenvalue weighted by Crippen LogP contribution is -2.22. The number of nitrogens with zero attached hydrogens (tertiary/aromatic N) is 2. The Balaban J connectivity index is 2.04. The first-order chi connectivity index (χ1) is 9.17. The van der Waals surface area contributed by atoms with Gasteiger partial charge < -0.3 is 5.73 Å². The predicted octanol–water partition coefficient (Wildman–Crippen LogP) is 2.83. The zero-order chi connectivity index (χ0) is 13.7. The summed E-state index contributed by atoms with van der Waals surface area (Å²) < 4.78 is 13.1. The lowest BCUT2D eigenvalue weighted by atomic mass is 10.1. The topological polar surface area (TPSA) is 42.1 Å². The molecule has 1 aromatic heterocycles. The van der Waals surface area contributed by atoms with Crippen LogP contribution in [-0.2, 0) is 13.1 Å². The van der Waals surface area contributed by atoms with E-state index in [0.717, 1.165) is 29.9 Å². The Morgan fingerprint density at radius 2 is 1.95 bits per heavy atom. The smallest absolute Gasteiger partial charge is 0.141 e. The highest BCUT2D eigenvalue weighted by atomic mass is 19.1. The van der Waals surface area contributed by atoms with E-state index in [-0.39, 0.29) is 5.82 Å². The average Bonchev–Trinajstić information content (AvgIpc) is 2.38. The van der Waals surface area contributed by atoms with Gasteiger partial charge >= 0.3 is 0 Å². The van der Waals surface area contributed by atoms with Gasteiger partial charge in [0.15, 0.2) is 0 Å². The van der Waals surface area contributed by atoms with Gasteiger partial charge in [-0.1, -0.05) is 19.1 Å². The van der Waals surface area contributed by atoms with Crippen molar-refractivity contribution in [2.24, 2.45) is 0 Å². The molecule has 0 saturated carbocycles. The van der Waals surface area contributed by atoms with E-state index >= 15 is 0 Å². The minimum Gasteiger partial charge on any atom is -0.399 e. The first kappa shape index (κ1) is 13.5. The van der Waals surface area contributed by atoms with Gasteiger partial charge in [0.1, 0.15) is 5.82 Å². The quantitative estimate of drug-likeness (QED) is 0.840. The number of hydrogen-bond donors (Lipinski definition) is 1. The predicted molar refractivity (Wildman–Crippen MR) is 74.8 cm³/mol. The zero-order valence-corrected chi connectivity index (χ0v) is 11.0. The van der Waals surface area contributed by atoms with Gasteiger partial charge in [-0.3, -0.25) is 9.88 Å². The lowest BCUT2D eigenvalue weighted by Gasteiger charge is -2.20. The van der Waals surface area contributed by atoms with Gasteiger partial charge in [-0.05, 0) is 35.9 Å². The number of halogens is 1. The van der Waals surface area contributed by atoms with Gasteiger partial charge in [0.2, 0.25) is 0 Å². The fraction of sp³-hybridized carbons (Fsp3) is 0.267. The van der Waals surface area contributed by atoms with Gasteiger partial charge in [0, 0.05) is 25.0 Å². The number of anilines is 1. The van der Waals surface area contributed by atoms with E-state index < -0.39 is 0 Å². The number of pyridine rings is 1. The molecule has 0 aliphatic carbocycles. The molecule has 0 bridgehead atoms. The van der Waals surface area contributed by atoms with Crippen LogP contribution in [0, 0.1) is 5.82 Å². The van der Waals surface area contributed by atoms with Crippen LogP contribution in [0.2, 0.25) is 0 Å². The summed E-state index contributed by atoms with van der Waals surface area (Å²) in [5.74, 6) is -0.294. The lowest BCUT2D eigenvalue weighted by molar-refractivity contribution is 0.270. The summed E-state index contributed by atoms with van der Waals surface area (Å²) in [7, 11) is 0. The minimum absolute atomic E-state index is 0.294. The number of benzene rings is 1. The molecule has 0 atom stereocenters. The second kappa shape index (κ2) is 6.29. The van der Waals surface area contributed by atoms with Crippen molar-refractivity contribution in [3.8, 4) is 0 Å². The maximum absolute atomic E-state index is 13.1. The third-order valence-corrected chi connectivity index (χ3v) is 2.97. The molecule has 0 aliphatic rings. The van der Waals surface area contributed by atoms with Crippen LogP contribution in [-0.4, -0.2) is 16.4 Å². The van der Waals surface area contributed by atoms with Gasteiger partial charge in [-0.2, -0.15) is 0 Å². The molecule has 0 radical (unpaired) electrons. The van der Waals surface area contributed by atoms with Crippen molar-refractivity contribution in [2.75, 3.05) is 12.3 Å². The third-order valence-electron chi connectivity index (χ3n) is 2.97. The Morgan fingerprint density at radius 1 is 1.16 bits per heavy atom. The van der Waals surface area contributed by atoms with Crippen molar-refractivity contribution in [3.63, 3.8) is 0 Å². The number of hydrogen-bond acceptors (Lipinski definition) is 3. The first-order valence-corrected chi connectivity index (χ1v) is 6.33. The highest BCUT2D eigenvalue weighted by Gasteiger charge is 2.06. The summed E-state index contributed by atoms with van der Waals surface area (Å²) in [6.07, 6.45) is 2.92. The number of rotatable bonds is 5. The fourth-order valence-corrected chi connectivity index (χ4v) is 2.03. The number of nitrogen functional groups attached to an aromatic ring is 1. The first-order valence-electron chi connectivity index (χ1n) is 6.33. The van der Waals surface area contributed by atoms with E-state index in [1.807, 2.05) is 24.3 Å². The monoisotopic (exact) mass is 259 g/mol. The Kier molecular flexibility index (Phi) is 4.47. The zero-order valence-electron chi connectivity index (χ0n) is 11.0. The molecule has 1 heterocycles. The maximum Gasteiger partial charge on any atom is 0.141 e. The van der Waals surface area contributed by atoms with E-state index in [4.69, 9.17) is 5.73 Å². The van der Waals surface area contributed by atoms with Crippen LogP contribution in [0.4, 0.5) is 10.1 Å². The Morgan fingerprint density at radius 3 is 2.63 bits per heavy atom. The van der Waals surface area contributed by atoms with Crippen LogP contribution in [0.15, 0.2) is 42.7 Å². The minimum atomic E-state index is -0.294. The second-order valence-electron chi connectivity index (χ2n) is 4.56. The SMILES string of the molecule is CCN(Cc1cccc(N)c1)Cc1cncc(F)c1. The van der Waals surface area contributed by atoms with Crippen LogP contribution < -0.4 is 5.73 Å². The van der Waals surface area contributed by atoms with Crippen LogP contribution in [0.3, 0.4) is 0 Å². The van der Waals surface area contributed by atoms with Crippen molar-refractivity contribution in [3.05, 3.63) is 59.7 Å². The Hall–Kier alpha value is -1.94. The maximum atomic E-state index is 13.1. The molecule has 19 heavy (non-hydrogen) atoms. The van der Waals surface area contributed by atoms with Gasteiger partial charge in [0.05, 0.1) is 6.20 Å². The molecule has 0 fully saturated rings. The van der Waals surface area contributed by atoms with Crippen molar-refractivity contribution in [1.29, 1.82) is 0 Å². The summed E-state index contributed by atoms with van der Waals surface area (Å²) >= 11 is 0. The molecule has 1 aromatic carbocycles. The molecule has 4 heteroatoms. The average molecular weight is 259 g/mol. The summed E-state index contributed by atoms with van der Waals surface area (Å²) in [4.78, 5) is 6.08. The van der Waals surface area contributed by atoms with Crippen molar-refractivity contribution in [2.45, 2.75) is 20.0 Å². The number of aromatic nitrogens is 1. The van der Waals surface area contributed by atoms with E-state index in [9.17, 15) is 4.39 Å². The van der Waals surface area contributed by atoms with Gasteiger partial charge in [0.25, 0.3) is 0 Å². The summed E-state index contributed by atoms with van der Waals surface area (Å²) in [5, 5.41) is 0.